The number of hydrazine groups is 1. The number of aromatic nitrogens is 1. The molecule has 1 aromatic carbocycles. The molecule has 1 aliphatic rings. The van der Waals surface area contributed by atoms with E-state index in [1.54, 1.807) is 36.0 Å². The molecule has 0 fully saturated rings. The van der Waals surface area contributed by atoms with Crippen LogP contribution in [0.2, 0.25) is 0 Å². The third-order valence-corrected chi connectivity index (χ3v) is 5.08. The van der Waals surface area contributed by atoms with Crippen molar-refractivity contribution < 1.29 is 18.4 Å². The number of benzene rings is 1. The lowest BCUT2D eigenvalue weighted by Gasteiger charge is -2.29. The van der Waals surface area contributed by atoms with Crippen molar-refractivity contribution in [2.24, 2.45) is 4.36 Å². The molecule has 26 heavy (non-hydrogen) atoms. The largest absolute Gasteiger partial charge is 0.317 e. The Bertz CT molecular complexity index is 876. The van der Waals surface area contributed by atoms with Crippen molar-refractivity contribution >= 4 is 34.1 Å². The van der Waals surface area contributed by atoms with Crippen LogP contribution in [0.25, 0.3) is 0 Å². The lowest BCUT2D eigenvalue weighted by atomic mass is 10.1. The van der Waals surface area contributed by atoms with Gasteiger partial charge in [0, 0.05) is 18.0 Å². The molecule has 2 heterocycles. The zero-order valence-electron chi connectivity index (χ0n) is 13.6. The van der Waals surface area contributed by atoms with Crippen LogP contribution in [0, 0.1) is 0 Å². The first-order valence-corrected chi connectivity index (χ1v) is 9.07. The van der Waals surface area contributed by atoms with Crippen molar-refractivity contribution in [2.75, 3.05) is 10.6 Å². The maximum atomic E-state index is 12.1. The predicted octanol–water partition coefficient (Wildman–Crippen LogP) is 2.11. The molecule has 0 radical (unpaired) electrons. The van der Waals surface area contributed by atoms with E-state index in [0.29, 0.717) is 12.2 Å². The van der Waals surface area contributed by atoms with Crippen LogP contribution >= 0.6 is 0 Å². The van der Waals surface area contributed by atoms with Gasteiger partial charge < -0.3 is 4.31 Å². The van der Waals surface area contributed by atoms with Crippen molar-refractivity contribution in [3.63, 3.8) is 0 Å². The van der Waals surface area contributed by atoms with Gasteiger partial charge in [-0.05, 0) is 40.7 Å². The van der Waals surface area contributed by atoms with Gasteiger partial charge in [-0.15, -0.1) is 0 Å². The number of nitrogens with zero attached hydrogens (tertiary/aromatic N) is 3. The number of fused-ring (bicyclic) bond motifs is 1. The average molecular weight is 379 g/mol. The Labute approximate surface area is 150 Å². The number of carbonyl (C=O) groups excluding carboxylic acids is 2. The summed E-state index contributed by atoms with van der Waals surface area (Å²) in [6.45, 7) is 0.605. The quantitative estimate of drug-likeness (QED) is 0.800. The Balaban J connectivity index is 1.77. The first-order chi connectivity index (χ1) is 12.5. The molecule has 1 aromatic heterocycles. The second kappa shape index (κ2) is 7.56. The third kappa shape index (κ3) is 3.85. The summed E-state index contributed by atoms with van der Waals surface area (Å²) >= 11 is 0. The molecule has 2 N–H and O–H groups in total. The fourth-order valence-corrected chi connectivity index (χ4v) is 3.65. The Hall–Kier alpha value is -2.88. The van der Waals surface area contributed by atoms with Crippen LogP contribution in [-0.2, 0) is 22.2 Å². The molecule has 3 rings (SSSR count). The zero-order valence-corrected chi connectivity index (χ0v) is 14.5. The van der Waals surface area contributed by atoms with Gasteiger partial charge in [-0.1, -0.05) is 6.07 Å². The topological polar surface area (TPSA) is 86.7 Å². The summed E-state index contributed by atoms with van der Waals surface area (Å²) < 4.78 is 31.0. The summed E-state index contributed by atoms with van der Waals surface area (Å²) in [7, 11) is -0.461. The summed E-state index contributed by atoms with van der Waals surface area (Å²) in [5.74, 6) is -2.26. The molecule has 1 aliphatic heterocycles. The number of halogens is 2. The highest BCUT2D eigenvalue weighted by Crippen LogP contribution is 2.31. The number of amides is 2. The first kappa shape index (κ1) is 17.9. The fourth-order valence-electron chi connectivity index (χ4n) is 2.35. The molecule has 2 amide bonds. The van der Waals surface area contributed by atoms with E-state index in [4.69, 9.17) is 0 Å². The molecule has 0 spiro atoms. The molecule has 10 heteroatoms. The molecular formula is C16H15F2N5O2S. The van der Waals surface area contributed by atoms with Crippen LogP contribution in [0.15, 0.2) is 47.1 Å². The number of rotatable bonds is 3. The Morgan fingerprint density at radius 1 is 1.27 bits per heavy atom. The zero-order chi connectivity index (χ0) is 18.7. The monoisotopic (exact) mass is 379 g/mol. The second-order valence-corrected chi connectivity index (χ2v) is 6.89. The highest BCUT2D eigenvalue weighted by Gasteiger charge is 2.20. The summed E-state index contributed by atoms with van der Waals surface area (Å²) in [5.41, 5.74) is 6.37. The van der Waals surface area contributed by atoms with Gasteiger partial charge in [0.05, 0.1) is 24.1 Å². The molecule has 1 atom stereocenters. The summed E-state index contributed by atoms with van der Waals surface area (Å²) in [6, 6.07) is 8.68. The van der Waals surface area contributed by atoms with Crippen molar-refractivity contribution in [3.05, 3.63) is 53.9 Å². The highest BCUT2D eigenvalue weighted by atomic mass is 32.2. The molecule has 0 bridgehead atoms. The third-order valence-electron chi connectivity index (χ3n) is 3.64. The van der Waals surface area contributed by atoms with Gasteiger partial charge in [0.15, 0.2) is 0 Å². The first-order valence-electron chi connectivity index (χ1n) is 7.52. The maximum Gasteiger partial charge on any atom is 0.317 e. The predicted molar refractivity (Wildman–Crippen MR) is 93.9 cm³/mol. The van der Waals surface area contributed by atoms with E-state index < -0.39 is 29.1 Å². The van der Waals surface area contributed by atoms with E-state index in [1.807, 2.05) is 23.8 Å². The molecular weight excluding hydrogens is 364 g/mol. The number of pyridine rings is 1. The molecule has 2 aromatic rings. The summed E-state index contributed by atoms with van der Waals surface area (Å²) in [5, 5.41) is 0. The van der Waals surface area contributed by atoms with Gasteiger partial charge in [-0.25, -0.2) is 4.36 Å². The SMILES string of the molecule is CS1=Nc2cc(C(=O)NNC(=O)C(F)F)ccc2CN1c1cccnc1. The number of alkyl halides is 2. The normalized spacial score (nSPS) is 15.8. The minimum Gasteiger partial charge on any atom is -0.302 e. The molecule has 0 saturated carbocycles. The smallest absolute Gasteiger partial charge is 0.302 e. The van der Waals surface area contributed by atoms with Crippen molar-refractivity contribution in [2.45, 2.75) is 13.0 Å². The second-order valence-electron chi connectivity index (χ2n) is 5.37. The number of carbonyl (C=O) groups is 2. The van der Waals surface area contributed by atoms with Gasteiger partial charge in [-0.3, -0.25) is 25.4 Å². The van der Waals surface area contributed by atoms with Crippen LogP contribution in [0.1, 0.15) is 15.9 Å². The van der Waals surface area contributed by atoms with Gasteiger partial charge in [-0.2, -0.15) is 8.78 Å². The Morgan fingerprint density at radius 2 is 2.08 bits per heavy atom. The van der Waals surface area contributed by atoms with Gasteiger partial charge in [0.25, 0.3) is 5.91 Å². The van der Waals surface area contributed by atoms with Crippen LogP contribution < -0.4 is 15.2 Å². The number of hydrogen-bond donors (Lipinski definition) is 2. The van der Waals surface area contributed by atoms with E-state index in [-0.39, 0.29) is 5.56 Å². The van der Waals surface area contributed by atoms with Crippen molar-refractivity contribution in [3.8, 4) is 0 Å². The molecule has 136 valence electrons. The average Bonchev–Trinajstić information content (AvgIpc) is 2.65. The maximum absolute atomic E-state index is 12.1. The van der Waals surface area contributed by atoms with E-state index in [9.17, 15) is 18.4 Å². The summed E-state index contributed by atoms with van der Waals surface area (Å²) in [6.07, 6.45) is 2.21. The molecule has 0 saturated heterocycles. The molecule has 1 unspecified atom stereocenters. The van der Waals surface area contributed by atoms with Crippen LogP contribution in [-0.4, -0.2) is 29.5 Å². The van der Waals surface area contributed by atoms with Crippen molar-refractivity contribution in [1.82, 2.24) is 15.8 Å². The number of nitrogens with one attached hydrogen (secondary N) is 2. The lowest BCUT2D eigenvalue weighted by Crippen LogP contribution is -2.44. The van der Waals surface area contributed by atoms with Gasteiger partial charge in [0.1, 0.15) is 0 Å². The number of anilines is 1. The summed E-state index contributed by atoms with van der Waals surface area (Å²) in [4.78, 5) is 26.9. The van der Waals surface area contributed by atoms with E-state index in [1.165, 1.54) is 0 Å². The lowest BCUT2D eigenvalue weighted by molar-refractivity contribution is -0.132. The minimum absolute atomic E-state index is 0.217. The van der Waals surface area contributed by atoms with Crippen molar-refractivity contribution in [1.29, 1.82) is 0 Å². The van der Waals surface area contributed by atoms with Gasteiger partial charge >= 0.3 is 12.3 Å². The number of hydrogen-bond acceptors (Lipinski definition) is 5. The molecule has 7 nitrogen and oxygen atoms in total. The fraction of sp³-hybridized carbons (Fsp3) is 0.188. The Kier molecular flexibility index (Phi) is 5.21. The van der Waals surface area contributed by atoms with E-state index in [2.05, 4.69) is 13.7 Å². The van der Waals surface area contributed by atoms with E-state index >= 15 is 0 Å². The molecule has 0 aliphatic carbocycles. The van der Waals surface area contributed by atoms with Crippen LogP contribution in [0.3, 0.4) is 0 Å². The standard InChI is InChI=1S/C16H15F2N5O2S/c1-26-22-13-7-10(15(24)20-21-16(25)14(17)18)4-5-11(13)9-23(26)12-3-2-6-19-8-12/h2-8,14H,9H2,1H3,(H,20,24)(H,21,25). The van der Waals surface area contributed by atoms with Crippen LogP contribution in [0.4, 0.5) is 20.2 Å². The Morgan fingerprint density at radius 3 is 2.77 bits per heavy atom. The minimum atomic E-state index is -3.20. The van der Waals surface area contributed by atoms with Gasteiger partial charge in [0.2, 0.25) is 0 Å². The van der Waals surface area contributed by atoms with Crippen LogP contribution in [0.5, 0.6) is 0 Å². The highest BCUT2D eigenvalue weighted by molar-refractivity contribution is 7.88. The van der Waals surface area contributed by atoms with E-state index in [0.717, 1.165) is 11.3 Å².